The fourth-order valence-corrected chi connectivity index (χ4v) is 1.38. The average Bonchev–Trinajstić information content (AvgIpc) is 2.54. The predicted molar refractivity (Wildman–Crippen MR) is 55.9 cm³/mol. The van der Waals surface area contributed by atoms with Gasteiger partial charge >= 0.3 is 0 Å². The first-order chi connectivity index (χ1) is 6.67. The second-order valence-electron chi connectivity index (χ2n) is 4.00. The molecule has 0 radical (unpaired) electrons. The van der Waals surface area contributed by atoms with Gasteiger partial charge < -0.3 is 10.8 Å². The van der Waals surface area contributed by atoms with Crippen LogP contribution < -0.4 is 5.73 Å². The molecule has 0 saturated heterocycles. The quantitative estimate of drug-likeness (QED) is 0.725. The Hall–Kier alpha value is -0.870. The Morgan fingerprint density at radius 1 is 1.57 bits per heavy atom. The Morgan fingerprint density at radius 2 is 2.29 bits per heavy atom. The van der Waals surface area contributed by atoms with E-state index in [2.05, 4.69) is 18.9 Å². The summed E-state index contributed by atoms with van der Waals surface area (Å²) in [4.78, 5) is 0. The number of nitrogens with zero attached hydrogens (tertiary/aromatic N) is 2. The van der Waals surface area contributed by atoms with Gasteiger partial charge in [0, 0.05) is 25.2 Å². The van der Waals surface area contributed by atoms with Gasteiger partial charge in [-0.25, -0.2) is 0 Å². The lowest BCUT2D eigenvalue weighted by Crippen LogP contribution is -2.15. The zero-order valence-corrected chi connectivity index (χ0v) is 8.85. The molecular formula is C10H19N3O. The Kier molecular flexibility index (Phi) is 4.10. The maximum Gasteiger partial charge on any atom is 0.0525 e. The standard InChI is InChI=1S/C10H19N3O/c1-8(2)5-13-6-10(4-12-13)9(3-11)7-14/h4,6,8-9,14H,3,5,7,11H2,1-2H3. The molecule has 1 aromatic rings. The lowest BCUT2D eigenvalue weighted by molar-refractivity contribution is 0.267. The largest absolute Gasteiger partial charge is 0.396 e. The highest BCUT2D eigenvalue weighted by Crippen LogP contribution is 2.13. The molecule has 0 aromatic carbocycles. The van der Waals surface area contributed by atoms with Gasteiger partial charge in [0.05, 0.1) is 12.8 Å². The summed E-state index contributed by atoms with van der Waals surface area (Å²) in [5.74, 6) is 0.601. The number of rotatable bonds is 5. The fraction of sp³-hybridized carbons (Fsp3) is 0.700. The van der Waals surface area contributed by atoms with E-state index < -0.39 is 0 Å². The Labute approximate surface area is 84.7 Å². The summed E-state index contributed by atoms with van der Waals surface area (Å²) in [6, 6.07) is 0. The molecule has 0 aliphatic heterocycles. The zero-order valence-electron chi connectivity index (χ0n) is 8.85. The molecule has 80 valence electrons. The van der Waals surface area contributed by atoms with Crippen LogP contribution in [-0.4, -0.2) is 28.0 Å². The molecule has 0 aliphatic carbocycles. The van der Waals surface area contributed by atoms with Crippen LogP contribution in [0.5, 0.6) is 0 Å². The van der Waals surface area contributed by atoms with E-state index in [1.54, 1.807) is 6.20 Å². The average molecular weight is 197 g/mol. The van der Waals surface area contributed by atoms with Crippen molar-refractivity contribution in [2.45, 2.75) is 26.3 Å². The third kappa shape index (κ3) is 2.82. The third-order valence-corrected chi connectivity index (χ3v) is 2.18. The van der Waals surface area contributed by atoms with Crippen molar-refractivity contribution < 1.29 is 5.11 Å². The minimum Gasteiger partial charge on any atom is -0.396 e. The van der Waals surface area contributed by atoms with Gasteiger partial charge in [-0.2, -0.15) is 5.10 Å². The molecule has 0 saturated carbocycles. The minimum atomic E-state index is 0.0240. The van der Waals surface area contributed by atoms with Crippen LogP contribution in [0.4, 0.5) is 0 Å². The van der Waals surface area contributed by atoms with Crippen molar-refractivity contribution in [3.63, 3.8) is 0 Å². The molecule has 1 atom stereocenters. The van der Waals surface area contributed by atoms with Crippen molar-refractivity contribution in [2.24, 2.45) is 11.7 Å². The van der Waals surface area contributed by atoms with Crippen LogP contribution in [0.15, 0.2) is 12.4 Å². The highest BCUT2D eigenvalue weighted by molar-refractivity contribution is 5.11. The summed E-state index contributed by atoms with van der Waals surface area (Å²) < 4.78 is 1.90. The minimum absolute atomic E-state index is 0.0240. The van der Waals surface area contributed by atoms with E-state index in [0.717, 1.165) is 12.1 Å². The molecule has 0 amide bonds. The van der Waals surface area contributed by atoms with Crippen molar-refractivity contribution in [1.29, 1.82) is 0 Å². The number of aliphatic hydroxyl groups excluding tert-OH is 1. The summed E-state index contributed by atoms with van der Waals surface area (Å²) in [5.41, 5.74) is 6.55. The molecule has 0 bridgehead atoms. The molecule has 3 N–H and O–H groups in total. The second-order valence-corrected chi connectivity index (χ2v) is 4.00. The van der Waals surface area contributed by atoms with Gasteiger partial charge in [-0.1, -0.05) is 13.8 Å². The van der Waals surface area contributed by atoms with Crippen LogP contribution in [0.2, 0.25) is 0 Å². The van der Waals surface area contributed by atoms with Gasteiger partial charge in [0.25, 0.3) is 0 Å². The summed E-state index contributed by atoms with van der Waals surface area (Å²) in [5, 5.41) is 13.3. The van der Waals surface area contributed by atoms with E-state index in [0.29, 0.717) is 12.5 Å². The van der Waals surface area contributed by atoms with Crippen LogP contribution >= 0.6 is 0 Å². The first kappa shape index (κ1) is 11.2. The topological polar surface area (TPSA) is 64.1 Å². The van der Waals surface area contributed by atoms with E-state index in [1.807, 2.05) is 10.9 Å². The number of nitrogens with two attached hydrogens (primary N) is 1. The Morgan fingerprint density at radius 3 is 2.79 bits per heavy atom. The monoisotopic (exact) mass is 197 g/mol. The van der Waals surface area contributed by atoms with Crippen molar-refractivity contribution in [1.82, 2.24) is 9.78 Å². The van der Waals surface area contributed by atoms with Gasteiger partial charge in [-0.05, 0) is 11.5 Å². The Bertz CT molecular complexity index is 266. The van der Waals surface area contributed by atoms with Gasteiger partial charge in [0.15, 0.2) is 0 Å². The molecule has 0 fully saturated rings. The van der Waals surface area contributed by atoms with Crippen LogP contribution in [0.3, 0.4) is 0 Å². The molecule has 1 rings (SSSR count). The molecule has 14 heavy (non-hydrogen) atoms. The third-order valence-electron chi connectivity index (χ3n) is 2.18. The summed E-state index contributed by atoms with van der Waals surface area (Å²) in [6.45, 7) is 5.75. The van der Waals surface area contributed by atoms with Crippen LogP contribution in [0, 0.1) is 5.92 Å². The Balaban J connectivity index is 2.66. The fourth-order valence-electron chi connectivity index (χ4n) is 1.38. The molecule has 0 spiro atoms. The number of hydrogen-bond acceptors (Lipinski definition) is 3. The summed E-state index contributed by atoms with van der Waals surface area (Å²) in [6.07, 6.45) is 3.75. The van der Waals surface area contributed by atoms with E-state index in [9.17, 15) is 0 Å². The van der Waals surface area contributed by atoms with Crippen LogP contribution in [0.1, 0.15) is 25.3 Å². The summed E-state index contributed by atoms with van der Waals surface area (Å²) >= 11 is 0. The van der Waals surface area contributed by atoms with E-state index in [-0.39, 0.29) is 12.5 Å². The molecule has 4 nitrogen and oxygen atoms in total. The normalized spacial score (nSPS) is 13.5. The van der Waals surface area contributed by atoms with Gasteiger partial charge in [-0.3, -0.25) is 4.68 Å². The van der Waals surface area contributed by atoms with Crippen molar-refractivity contribution in [2.75, 3.05) is 13.2 Å². The molecule has 0 aliphatic rings. The first-order valence-electron chi connectivity index (χ1n) is 5.00. The molecule has 1 unspecified atom stereocenters. The number of hydrogen-bond donors (Lipinski definition) is 2. The lowest BCUT2D eigenvalue weighted by atomic mass is 10.1. The first-order valence-corrected chi connectivity index (χ1v) is 5.00. The summed E-state index contributed by atoms with van der Waals surface area (Å²) in [7, 11) is 0. The van der Waals surface area contributed by atoms with Gasteiger partial charge in [0.1, 0.15) is 0 Å². The lowest BCUT2D eigenvalue weighted by Gasteiger charge is -2.08. The molecule has 1 aromatic heterocycles. The molecule has 1 heterocycles. The smallest absolute Gasteiger partial charge is 0.0525 e. The molecular weight excluding hydrogens is 178 g/mol. The van der Waals surface area contributed by atoms with Crippen LogP contribution in [-0.2, 0) is 6.54 Å². The second kappa shape index (κ2) is 5.12. The molecule has 4 heteroatoms. The number of aliphatic hydroxyl groups is 1. The van der Waals surface area contributed by atoms with Crippen molar-refractivity contribution in [3.05, 3.63) is 18.0 Å². The zero-order chi connectivity index (χ0) is 10.6. The van der Waals surface area contributed by atoms with Crippen LogP contribution in [0.25, 0.3) is 0 Å². The highest BCUT2D eigenvalue weighted by Gasteiger charge is 2.10. The number of aromatic nitrogens is 2. The SMILES string of the molecule is CC(C)Cn1cc(C(CN)CO)cn1. The maximum atomic E-state index is 9.05. The van der Waals surface area contributed by atoms with Crippen molar-refractivity contribution in [3.8, 4) is 0 Å². The van der Waals surface area contributed by atoms with Gasteiger partial charge in [0.2, 0.25) is 0 Å². The van der Waals surface area contributed by atoms with Crippen molar-refractivity contribution >= 4 is 0 Å². The van der Waals surface area contributed by atoms with E-state index in [4.69, 9.17) is 10.8 Å². The highest BCUT2D eigenvalue weighted by atomic mass is 16.3. The van der Waals surface area contributed by atoms with Gasteiger partial charge in [-0.15, -0.1) is 0 Å². The predicted octanol–water partition coefficient (Wildman–Crippen LogP) is 0.574. The maximum absolute atomic E-state index is 9.05. The van der Waals surface area contributed by atoms with E-state index >= 15 is 0 Å². The van der Waals surface area contributed by atoms with E-state index in [1.165, 1.54) is 0 Å².